The molecule has 4 nitrogen and oxygen atoms in total. The van der Waals surface area contributed by atoms with Crippen LogP contribution in [0.5, 0.6) is 0 Å². The minimum absolute atomic E-state index is 0.00406. The molecule has 0 aliphatic rings. The van der Waals surface area contributed by atoms with Crippen LogP contribution in [0.25, 0.3) is 10.9 Å². The molecule has 0 radical (unpaired) electrons. The van der Waals surface area contributed by atoms with Gasteiger partial charge in [0.2, 0.25) is 0 Å². The maximum absolute atomic E-state index is 10.6. The quantitative estimate of drug-likeness (QED) is 0.580. The maximum Gasteiger partial charge on any atom is 0.172 e. The molecule has 0 aliphatic heterocycles. The maximum atomic E-state index is 10.6. The van der Waals surface area contributed by atoms with Crippen molar-refractivity contribution in [1.82, 2.24) is 4.98 Å². The lowest BCUT2D eigenvalue weighted by atomic mass is 10.2. The second kappa shape index (κ2) is 4.82. The van der Waals surface area contributed by atoms with E-state index in [0.717, 1.165) is 21.5 Å². The van der Waals surface area contributed by atoms with Gasteiger partial charge < -0.3 is 9.87 Å². The van der Waals surface area contributed by atoms with Crippen LogP contribution in [0, 0.1) is 0 Å². The third-order valence-corrected chi connectivity index (χ3v) is 2.89. The Labute approximate surface area is 101 Å². The topological polar surface area (TPSA) is 62.2 Å². The molecule has 84 valence electrons. The van der Waals surface area contributed by atoms with E-state index in [1.54, 1.807) is 12.3 Å². The van der Waals surface area contributed by atoms with Crippen molar-refractivity contribution in [2.24, 2.45) is 0 Å². The van der Waals surface area contributed by atoms with Gasteiger partial charge in [0, 0.05) is 22.2 Å². The lowest BCUT2D eigenvalue weighted by Gasteiger charge is -2.08. The number of thiol groups is 1. The third kappa shape index (κ3) is 2.34. The average molecular weight is 254 g/mol. The Morgan fingerprint density at radius 3 is 3.00 bits per heavy atom. The first-order valence-corrected chi connectivity index (χ1v) is 6.29. The lowest BCUT2D eigenvalue weighted by molar-refractivity contribution is 0.566. The fourth-order valence-corrected chi connectivity index (χ4v) is 1.98. The highest BCUT2D eigenvalue weighted by atomic mass is 32.2. The van der Waals surface area contributed by atoms with Crippen molar-refractivity contribution in [3.05, 3.63) is 30.5 Å². The van der Waals surface area contributed by atoms with Crippen molar-refractivity contribution >= 4 is 40.3 Å². The van der Waals surface area contributed by atoms with E-state index in [1.165, 1.54) is 0 Å². The molecule has 2 N–H and O–H groups in total. The van der Waals surface area contributed by atoms with Crippen LogP contribution in [0.3, 0.4) is 0 Å². The monoisotopic (exact) mass is 254 g/mol. The van der Waals surface area contributed by atoms with Crippen LogP contribution in [-0.2, 0) is 11.1 Å². The summed E-state index contributed by atoms with van der Waals surface area (Å²) in [5.74, 6) is -0.00406. The molecule has 16 heavy (non-hydrogen) atoms. The highest BCUT2D eigenvalue weighted by molar-refractivity contribution is 7.80. The Kier molecular flexibility index (Phi) is 3.42. The predicted molar refractivity (Wildman–Crippen MR) is 68.3 cm³/mol. The summed E-state index contributed by atoms with van der Waals surface area (Å²) in [6.07, 6.45) is 1.69. The van der Waals surface area contributed by atoms with Gasteiger partial charge in [-0.05, 0) is 24.3 Å². The number of rotatable bonds is 3. The summed E-state index contributed by atoms with van der Waals surface area (Å²) < 4.78 is 19.3. The molecule has 1 unspecified atom stereocenters. The normalized spacial score (nSPS) is 12.6. The number of hydrogen-bond donors (Lipinski definition) is 3. The van der Waals surface area contributed by atoms with Gasteiger partial charge >= 0.3 is 0 Å². The zero-order valence-electron chi connectivity index (χ0n) is 8.25. The van der Waals surface area contributed by atoms with E-state index >= 15 is 0 Å². The van der Waals surface area contributed by atoms with Gasteiger partial charge in [0.15, 0.2) is 11.1 Å². The van der Waals surface area contributed by atoms with Crippen LogP contribution in [0.2, 0.25) is 0 Å². The summed E-state index contributed by atoms with van der Waals surface area (Å²) in [5.41, 5.74) is 1.56. The number of hydrogen-bond acceptors (Lipinski definition) is 4. The highest BCUT2D eigenvalue weighted by Crippen LogP contribution is 2.26. The van der Waals surface area contributed by atoms with Crippen molar-refractivity contribution in [1.29, 1.82) is 0 Å². The smallest absolute Gasteiger partial charge is 0.172 e. The van der Waals surface area contributed by atoms with E-state index in [9.17, 15) is 4.21 Å². The standard InChI is InChI=1S/C10H10N2O2S2/c13-16(14)6-12-8-3-4-9(15)10-7(8)2-1-5-11-10/h1-5,12,15H,6H2,(H,13,14). The number of pyridine rings is 1. The molecule has 0 fully saturated rings. The minimum atomic E-state index is -1.86. The van der Waals surface area contributed by atoms with Crippen molar-refractivity contribution in [3.63, 3.8) is 0 Å². The summed E-state index contributed by atoms with van der Waals surface area (Å²) >= 11 is 2.44. The average Bonchev–Trinajstić information content (AvgIpc) is 2.28. The molecule has 1 atom stereocenters. The van der Waals surface area contributed by atoms with Gasteiger partial charge in [-0.1, -0.05) is 0 Å². The Balaban J connectivity index is 2.46. The van der Waals surface area contributed by atoms with E-state index in [-0.39, 0.29) is 5.88 Å². The summed E-state index contributed by atoms with van der Waals surface area (Å²) in [5, 5.41) is 3.78. The summed E-state index contributed by atoms with van der Waals surface area (Å²) in [6, 6.07) is 7.33. The largest absolute Gasteiger partial charge is 0.371 e. The molecule has 0 amide bonds. The molecule has 1 heterocycles. The van der Waals surface area contributed by atoms with E-state index in [2.05, 4.69) is 22.9 Å². The zero-order valence-corrected chi connectivity index (χ0v) is 9.96. The van der Waals surface area contributed by atoms with E-state index < -0.39 is 11.1 Å². The van der Waals surface area contributed by atoms with Crippen LogP contribution in [0.15, 0.2) is 35.4 Å². The Bertz CT molecular complexity index is 545. The van der Waals surface area contributed by atoms with Crippen LogP contribution >= 0.6 is 12.6 Å². The van der Waals surface area contributed by atoms with Crippen LogP contribution in [0.4, 0.5) is 5.69 Å². The molecule has 0 saturated carbocycles. The number of fused-ring (bicyclic) bond motifs is 1. The van der Waals surface area contributed by atoms with Gasteiger partial charge in [-0.2, -0.15) is 0 Å². The van der Waals surface area contributed by atoms with Crippen molar-refractivity contribution in [2.75, 3.05) is 11.2 Å². The van der Waals surface area contributed by atoms with Crippen molar-refractivity contribution < 1.29 is 8.76 Å². The number of benzene rings is 1. The van der Waals surface area contributed by atoms with Gasteiger partial charge in [0.05, 0.1) is 5.52 Å². The van der Waals surface area contributed by atoms with Crippen molar-refractivity contribution in [2.45, 2.75) is 4.90 Å². The Hall–Kier alpha value is -1.11. The van der Waals surface area contributed by atoms with Gasteiger partial charge in [-0.3, -0.25) is 4.98 Å². The molecule has 1 aromatic carbocycles. The van der Waals surface area contributed by atoms with E-state index in [4.69, 9.17) is 4.55 Å². The molecular weight excluding hydrogens is 244 g/mol. The SMILES string of the molecule is O=S(O)CNc1ccc(S)c2ncccc12. The number of anilines is 1. The summed E-state index contributed by atoms with van der Waals surface area (Å²) in [7, 11) is 0. The summed E-state index contributed by atoms with van der Waals surface area (Å²) in [6.45, 7) is 0. The lowest BCUT2D eigenvalue weighted by Crippen LogP contribution is -2.07. The number of nitrogens with zero attached hydrogens (tertiary/aromatic N) is 1. The first kappa shape index (κ1) is 11.4. The fraction of sp³-hybridized carbons (Fsp3) is 0.100. The van der Waals surface area contributed by atoms with Crippen molar-refractivity contribution in [3.8, 4) is 0 Å². The number of aromatic nitrogens is 1. The molecule has 2 aromatic rings. The molecular formula is C10H10N2O2S2. The third-order valence-electron chi connectivity index (χ3n) is 2.13. The first-order valence-electron chi connectivity index (χ1n) is 4.56. The molecule has 0 bridgehead atoms. The summed E-state index contributed by atoms with van der Waals surface area (Å²) in [4.78, 5) is 5.00. The highest BCUT2D eigenvalue weighted by Gasteiger charge is 2.04. The number of nitrogens with one attached hydrogen (secondary N) is 1. The second-order valence-electron chi connectivity index (χ2n) is 3.17. The molecule has 0 saturated heterocycles. The second-order valence-corrected chi connectivity index (χ2v) is 4.59. The van der Waals surface area contributed by atoms with Crippen LogP contribution in [-0.4, -0.2) is 19.6 Å². The van der Waals surface area contributed by atoms with E-state index in [0.29, 0.717) is 0 Å². The first-order chi connectivity index (χ1) is 7.68. The fourth-order valence-electron chi connectivity index (χ4n) is 1.45. The Morgan fingerprint density at radius 1 is 1.44 bits per heavy atom. The predicted octanol–water partition coefficient (Wildman–Crippen LogP) is 2.11. The van der Waals surface area contributed by atoms with Crippen LogP contribution < -0.4 is 5.32 Å². The zero-order chi connectivity index (χ0) is 11.5. The molecule has 2 rings (SSSR count). The van der Waals surface area contributed by atoms with Gasteiger partial charge in [0.1, 0.15) is 5.88 Å². The molecule has 6 heteroatoms. The van der Waals surface area contributed by atoms with E-state index in [1.807, 2.05) is 18.2 Å². The van der Waals surface area contributed by atoms with Gasteiger partial charge in [-0.25, -0.2) is 4.21 Å². The van der Waals surface area contributed by atoms with Crippen LogP contribution in [0.1, 0.15) is 0 Å². The minimum Gasteiger partial charge on any atom is -0.371 e. The Morgan fingerprint density at radius 2 is 2.25 bits per heavy atom. The molecule has 1 aromatic heterocycles. The molecule has 0 aliphatic carbocycles. The molecule has 0 spiro atoms. The van der Waals surface area contributed by atoms with Gasteiger partial charge in [0.25, 0.3) is 0 Å². The van der Waals surface area contributed by atoms with Gasteiger partial charge in [-0.15, -0.1) is 12.6 Å².